The normalized spacial score (nSPS) is 43.5. The zero-order valence-corrected chi connectivity index (χ0v) is 21.0. The SMILES string of the molecule is CO/N=C(\C)[C@H]1[C@H]([C@@H](C)[N+](=O)[O-])C[C@H]2[C@@H]3CC=C4C[C@@H](OC(C)=O)CC[C@]4(C)[C@H]3CC[C@@]21C. The lowest BCUT2D eigenvalue weighted by Gasteiger charge is -2.58. The minimum absolute atomic E-state index is 0.00113. The monoisotopic (exact) mass is 460 g/mol. The summed E-state index contributed by atoms with van der Waals surface area (Å²) in [5, 5.41) is 16.1. The van der Waals surface area contributed by atoms with Gasteiger partial charge in [0.25, 0.3) is 0 Å². The summed E-state index contributed by atoms with van der Waals surface area (Å²) in [6.07, 6.45) is 9.36. The Balaban J connectivity index is 1.66. The number of nitrogens with zero attached hydrogens (tertiary/aromatic N) is 2. The van der Waals surface area contributed by atoms with Crippen molar-refractivity contribution in [3.05, 3.63) is 21.8 Å². The largest absolute Gasteiger partial charge is 0.462 e. The summed E-state index contributed by atoms with van der Waals surface area (Å²) in [6, 6.07) is -0.595. The number of carbonyl (C=O) groups is 1. The zero-order chi connectivity index (χ0) is 24.1. The van der Waals surface area contributed by atoms with Crippen LogP contribution in [0.25, 0.3) is 0 Å². The average Bonchev–Trinajstić information content (AvgIpc) is 3.06. The molecule has 0 aromatic carbocycles. The molecule has 3 fully saturated rings. The van der Waals surface area contributed by atoms with Crippen LogP contribution in [0, 0.1) is 50.5 Å². The summed E-state index contributed by atoms with van der Waals surface area (Å²) >= 11 is 0. The van der Waals surface area contributed by atoms with E-state index >= 15 is 0 Å². The van der Waals surface area contributed by atoms with E-state index in [4.69, 9.17) is 9.57 Å². The number of nitro groups is 1. The number of hydrogen-bond acceptors (Lipinski definition) is 6. The fourth-order valence-electron chi connectivity index (χ4n) is 8.68. The van der Waals surface area contributed by atoms with E-state index in [-0.39, 0.29) is 39.7 Å². The minimum atomic E-state index is -0.595. The van der Waals surface area contributed by atoms with Gasteiger partial charge in [-0.15, -0.1) is 0 Å². The number of fused-ring (bicyclic) bond motifs is 5. The predicted octanol–water partition coefficient (Wildman–Crippen LogP) is 5.41. The molecule has 0 heterocycles. The molecule has 9 atom stereocenters. The van der Waals surface area contributed by atoms with Gasteiger partial charge in [0.15, 0.2) is 0 Å². The average molecular weight is 461 g/mol. The van der Waals surface area contributed by atoms with Crippen molar-refractivity contribution in [1.82, 2.24) is 0 Å². The summed E-state index contributed by atoms with van der Waals surface area (Å²) in [5.41, 5.74) is 2.50. The summed E-state index contributed by atoms with van der Waals surface area (Å²) in [7, 11) is 1.56. The van der Waals surface area contributed by atoms with Crippen molar-refractivity contribution >= 4 is 11.7 Å². The van der Waals surface area contributed by atoms with E-state index in [9.17, 15) is 14.9 Å². The Morgan fingerprint density at radius 3 is 2.61 bits per heavy atom. The van der Waals surface area contributed by atoms with Crippen LogP contribution in [0.1, 0.15) is 79.6 Å². The highest BCUT2D eigenvalue weighted by Gasteiger charge is 2.63. The molecule has 7 nitrogen and oxygen atoms in total. The molecule has 3 saturated carbocycles. The second kappa shape index (κ2) is 8.70. The van der Waals surface area contributed by atoms with Gasteiger partial charge in [-0.05, 0) is 74.0 Å². The molecule has 0 unspecified atom stereocenters. The number of rotatable bonds is 5. The van der Waals surface area contributed by atoms with E-state index in [2.05, 4.69) is 25.1 Å². The number of hydrogen-bond donors (Lipinski definition) is 0. The maximum Gasteiger partial charge on any atom is 0.302 e. The van der Waals surface area contributed by atoms with Crippen LogP contribution in [-0.4, -0.2) is 35.9 Å². The standard InChI is InChI=1S/C26H40N2O5/c1-15(27-32-6)24-21(16(2)28(30)31)14-23-20-8-7-18-13-19(33-17(3)29)9-11-25(18,4)22(20)10-12-26(23,24)5/h7,16,19-24H,8-14H2,1-6H3/b27-15+/t16-,19+,20-,21+,22+,23+,24+,25+,26+/m1/s1. The summed E-state index contributed by atoms with van der Waals surface area (Å²) < 4.78 is 5.56. The predicted molar refractivity (Wildman–Crippen MR) is 126 cm³/mol. The van der Waals surface area contributed by atoms with Gasteiger partial charge < -0.3 is 9.57 Å². The highest BCUT2D eigenvalue weighted by Crippen LogP contribution is 2.68. The molecule has 0 aromatic heterocycles. The molecular formula is C26H40N2O5. The molecule has 0 spiro atoms. The topological polar surface area (TPSA) is 91.0 Å². The van der Waals surface area contributed by atoms with Gasteiger partial charge in [0.1, 0.15) is 13.2 Å². The molecule has 0 saturated heterocycles. The lowest BCUT2D eigenvalue weighted by atomic mass is 9.47. The van der Waals surface area contributed by atoms with E-state index in [0.717, 1.165) is 50.7 Å². The Morgan fingerprint density at radius 1 is 1.24 bits per heavy atom. The van der Waals surface area contributed by atoms with Gasteiger partial charge in [-0.25, -0.2) is 0 Å². The fraction of sp³-hybridized carbons (Fsp3) is 0.846. The van der Waals surface area contributed by atoms with Crippen molar-refractivity contribution in [3.63, 3.8) is 0 Å². The molecule has 7 heteroatoms. The van der Waals surface area contributed by atoms with E-state index in [1.807, 2.05) is 6.92 Å². The van der Waals surface area contributed by atoms with Gasteiger partial charge in [-0.1, -0.05) is 30.7 Å². The lowest BCUT2D eigenvalue weighted by molar-refractivity contribution is -0.528. The van der Waals surface area contributed by atoms with Crippen molar-refractivity contribution in [3.8, 4) is 0 Å². The first-order valence-electron chi connectivity index (χ1n) is 12.6. The Kier molecular flexibility index (Phi) is 6.38. The van der Waals surface area contributed by atoms with Gasteiger partial charge in [-0.3, -0.25) is 14.9 Å². The number of oxime groups is 1. The molecule has 33 heavy (non-hydrogen) atoms. The van der Waals surface area contributed by atoms with Crippen molar-refractivity contribution in [2.75, 3.05) is 7.11 Å². The van der Waals surface area contributed by atoms with Gasteiger partial charge in [0, 0.05) is 37.0 Å². The highest BCUT2D eigenvalue weighted by molar-refractivity contribution is 5.85. The lowest BCUT2D eigenvalue weighted by Crippen LogP contribution is -2.51. The molecule has 0 radical (unpaired) electrons. The fourth-order valence-corrected chi connectivity index (χ4v) is 8.68. The first kappa shape index (κ1) is 24.2. The second-order valence-corrected chi connectivity index (χ2v) is 11.6. The van der Waals surface area contributed by atoms with Crippen molar-refractivity contribution < 1.29 is 19.3 Å². The molecule has 0 aliphatic heterocycles. The van der Waals surface area contributed by atoms with Crippen LogP contribution in [0.4, 0.5) is 0 Å². The molecule has 0 amide bonds. The van der Waals surface area contributed by atoms with E-state index in [1.54, 1.807) is 14.0 Å². The zero-order valence-electron chi connectivity index (χ0n) is 21.0. The maximum atomic E-state index is 11.8. The van der Waals surface area contributed by atoms with Crippen LogP contribution in [-0.2, 0) is 14.4 Å². The third-order valence-corrected chi connectivity index (χ3v) is 10.1. The van der Waals surface area contributed by atoms with Gasteiger partial charge in [0.05, 0.1) is 5.71 Å². The molecular weight excluding hydrogens is 420 g/mol. The van der Waals surface area contributed by atoms with Crippen LogP contribution in [0.2, 0.25) is 0 Å². The van der Waals surface area contributed by atoms with Crippen LogP contribution >= 0.6 is 0 Å². The third kappa shape index (κ3) is 3.89. The Labute approximate surface area is 197 Å². The van der Waals surface area contributed by atoms with Crippen LogP contribution in [0.3, 0.4) is 0 Å². The summed E-state index contributed by atoms with van der Waals surface area (Å²) in [6.45, 7) is 10.0. The summed E-state index contributed by atoms with van der Waals surface area (Å²) in [5.74, 6) is 1.41. The number of esters is 1. The van der Waals surface area contributed by atoms with Gasteiger partial charge in [-0.2, -0.15) is 0 Å². The summed E-state index contributed by atoms with van der Waals surface area (Å²) in [4.78, 5) is 28.4. The first-order valence-corrected chi connectivity index (χ1v) is 12.6. The van der Waals surface area contributed by atoms with Crippen LogP contribution in [0.15, 0.2) is 16.8 Å². The molecule has 0 bridgehead atoms. The van der Waals surface area contributed by atoms with Crippen molar-refractivity contribution in [2.24, 2.45) is 45.6 Å². The quantitative estimate of drug-likeness (QED) is 0.180. The van der Waals surface area contributed by atoms with Gasteiger partial charge in [0.2, 0.25) is 6.04 Å². The second-order valence-electron chi connectivity index (χ2n) is 11.6. The Bertz CT molecular complexity index is 869. The minimum Gasteiger partial charge on any atom is -0.462 e. The molecule has 0 N–H and O–H groups in total. The number of allylic oxidation sites excluding steroid dienone is 1. The van der Waals surface area contributed by atoms with E-state index < -0.39 is 6.04 Å². The smallest absolute Gasteiger partial charge is 0.302 e. The molecule has 184 valence electrons. The molecule has 4 aliphatic rings. The van der Waals surface area contributed by atoms with Crippen LogP contribution < -0.4 is 0 Å². The Morgan fingerprint density at radius 2 is 1.97 bits per heavy atom. The van der Waals surface area contributed by atoms with E-state index in [1.165, 1.54) is 12.5 Å². The molecule has 0 aromatic rings. The number of ether oxygens (including phenoxy) is 1. The Hall–Kier alpha value is -1.92. The van der Waals surface area contributed by atoms with E-state index in [0.29, 0.717) is 17.8 Å². The van der Waals surface area contributed by atoms with Crippen molar-refractivity contribution in [2.45, 2.75) is 91.7 Å². The first-order chi connectivity index (χ1) is 15.5. The number of carbonyl (C=O) groups excluding carboxylic acids is 1. The maximum absolute atomic E-state index is 11.8. The third-order valence-electron chi connectivity index (χ3n) is 10.1. The molecule has 4 aliphatic carbocycles. The van der Waals surface area contributed by atoms with Crippen molar-refractivity contribution in [1.29, 1.82) is 0 Å². The highest BCUT2D eigenvalue weighted by atomic mass is 16.6. The van der Waals surface area contributed by atoms with Crippen LogP contribution in [0.5, 0.6) is 0 Å². The molecule has 4 rings (SSSR count). The van der Waals surface area contributed by atoms with Gasteiger partial charge >= 0.3 is 5.97 Å².